The molecule has 1 N–H and O–H groups in total. The van der Waals surface area contributed by atoms with Crippen molar-refractivity contribution in [2.24, 2.45) is 5.92 Å². The number of anilines is 3. The maximum Gasteiger partial charge on any atom is 0.229 e. The molecule has 0 aliphatic carbocycles. The number of nitrogens with zero attached hydrogens (tertiary/aromatic N) is 2. The number of amides is 3. The molecule has 2 heterocycles. The summed E-state index contributed by atoms with van der Waals surface area (Å²) in [7, 11) is 0. The van der Waals surface area contributed by atoms with Crippen LogP contribution in [0.5, 0.6) is 0 Å². The Balaban J connectivity index is 1.47. The maximum atomic E-state index is 12.7. The van der Waals surface area contributed by atoms with Crippen molar-refractivity contribution in [1.29, 1.82) is 0 Å². The summed E-state index contributed by atoms with van der Waals surface area (Å²) in [6.45, 7) is 6.63. The minimum atomic E-state index is -0.383. The van der Waals surface area contributed by atoms with Crippen molar-refractivity contribution in [3.8, 4) is 0 Å². The van der Waals surface area contributed by atoms with Crippen LogP contribution >= 0.6 is 0 Å². The van der Waals surface area contributed by atoms with E-state index in [1.165, 1.54) is 5.56 Å². The van der Waals surface area contributed by atoms with Crippen molar-refractivity contribution in [1.82, 2.24) is 0 Å². The monoisotopic (exact) mass is 391 g/mol. The fraction of sp³-hybridized carbons (Fsp3) is 0.348. The zero-order valence-corrected chi connectivity index (χ0v) is 17.0. The minimum Gasteiger partial charge on any atom is -0.326 e. The highest BCUT2D eigenvalue weighted by Gasteiger charge is 2.36. The quantitative estimate of drug-likeness (QED) is 0.874. The number of benzene rings is 2. The molecule has 0 saturated carbocycles. The Morgan fingerprint density at radius 1 is 1.07 bits per heavy atom. The van der Waals surface area contributed by atoms with Crippen LogP contribution in [-0.4, -0.2) is 30.8 Å². The molecule has 2 aliphatic rings. The summed E-state index contributed by atoms with van der Waals surface area (Å²) in [4.78, 5) is 40.5. The van der Waals surface area contributed by atoms with Crippen molar-refractivity contribution >= 4 is 34.8 Å². The molecule has 29 heavy (non-hydrogen) atoms. The molecule has 2 aliphatic heterocycles. The van der Waals surface area contributed by atoms with Gasteiger partial charge >= 0.3 is 0 Å². The molecule has 0 bridgehead atoms. The average molecular weight is 391 g/mol. The fourth-order valence-corrected chi connectivity index (χ4v) is 4.08. The number of hydrogen-bond donors (Lipinski definition) is 1. The molecule has 6 nitrogen and oxygen atoms in total. The standard InChI is InChI=1S/C23H25N3O3/c1-14-4-5-19(10-15(14)2)24-23(29)18-12-22(28)26(13-18)20-6-7-21-17(11-20)8-9-25(21)16(3)27/h4-7,10-11,18H,8-9,12-13H2,1-3H3,(H,24,29). The van der Waals surface area contributed by atoms with Gasteiger partial charge in [-0.1, -0.05) is 6.07 Å². The topological polar surface area (TPSA) is 69.7 Å². The third-order valence-corrected chi connectivity index (χ3v) is 5.92. The van der Waals surface area contributed by atoms with Crippen molar-refractivity contribution < 1.29 is 14.4 Å². The molecular weight excluding hydrogens is 366 g/mol. The SMILES string of the molecule is CC(=O)N1CCc2cc(N3CC(C(=O)Nc4ccc(C)c(C)c4)CC3=O)ccc21. The first-order chi connectivity index (χ1) is 13.8. The Kier molecular flexibility index (Phi) is 4.86. The van der Waals surface area contributed by atoms with Crippen LogP contribution in [-0.2, 0) is 20.8 Å². The predicted molar refractivity (Wildman–Crippen MR) is 113 cm³/mol. The second kappa shape index (κ2) is 7.35. The minimum absolute atomic E-state index is 0.0248. The lowest BCUT2D eigenvalue weighted by molar-refractivity contribution is -0.122. The molecule has 2 aromatic rings. The largest absolute Gasteiger partial charge is 0.326 e. The van der Waals surface area contributed by atoms with Gasteiger partial charge in [-0.3, -0.25) is 14.4 Å². The third kappa shape index (κ3) is 3.62. The van der Waals surface area contributed by atoms with Gasteiger partial charge < -0.3 is 15.1 Å². The van der Waals surface area contributed by atoms with E-state index in [0.717, 1.165) is 34.6 Å². The first-order valence-electron chi connectivity index (χ1n) is 9.93. The van der Waals surface area contributed by atoms with E-state index in [1.54, 1.807) is 16.7 Å². The van der Waals surface area contributed by atoms with Gasteiger partial charge in [0.25, 0.3) is 0 Å². The van der Waals surface area contributed by atoms with Crippen LogP contribution < -0.4 is 15.1 Å². The number of carbonyl (C=O) groups is 3. The number of aryl methyl sites for hydroxylation is 2. The lowest BCUT2D eigenvalue weighted by Gasteiger charge is -2.19. The van der Waals surface area contributed by atoms with Crippen LogP contribution in [0.25, 0.3) is 0 Å². The van der Waals surface area contributed by atoms with Crippen molar-refractivity contribution in [3.05, 3.63) is 53.1 Å². The van der Waals surface area contributed by atoms with E-state index < -0.39 is 0 Å². The molecule has 1 atom stereocenters. The second-order valence-corrected chi connectivity index (χ2v) is 7.93. The van der Waals surface area contributed by atoms with E-state index in [0.29, 0.717) is 13.1 Å². The number of nitrogens with one attached hydrogen (secondary N) is 1. The number of fused-ring (bicyclic) bond motifs is 1. The zero-order chi connectivity index (χ0) is 20.7. The third-order valence-electron chi connectivity index (χ3n) is 5.92. The molecule has 1 unspecified atom stereocenters. The Bertz CT molecular complexity index is 1010. The Labute approximate surface area is 170 Å². The van der Waals surface area contributed by atoms with Gasteiger partial charge in [-0.25, -0.2) is 0 Å². The van der Waals surface area contributed by atoms with E-state index in [2.05, 4.69) is 5.32 Å². The summed E-state index contributed by atoms with van der Waals surface area (Å²) in [5.41, 5.74) is 5.81. The van der Waals surface area contributed by atoms with E-state index in [-0.39, 0.29) is 30.1 Å². The molecule has 1 fully saturated rings. The Morgan fingerprint density at radius 2 is 1.86 bits per heavy atom. The Morgan fingerprint density at radius 3 is 2.59 bits per heavy atom. The van der Waals surface area contributed by atoms with Gasteiger partial charge in [0.2, 0.25) is 17.7 Å². The summed E-state index contributed by atoms with van der Waals surface area (Å²) in [6, 6.07) is 11.5. The molecule has 1 saturated heterocycles. The van der Waals surface area contributed by atoms with Crippen LogP contribution in [0.4, 0.5) is 17.1 Å². The maximum absolute atomic E-state index is 12.7. The smallest absolute Gasteiger partial charge is 0.229 e. The van der Waals surface area contributed by atoms with E-state index >= 15 is 0 Å². The van der Waals surface area contributed by atoms with E-state index in [4.69, 9.17) is 0 Å². The summed E-state index contributed by atoms with van der Waals surface area (Å²) < 4.78 is 0. The highest BCUT2D eigenvalue weighted by atomic mass is 16.2. The van der Waals surface area contributed by atoms with Gasteiger partial charge in [0.15, 0.2) is 0 Å². The predicted octanol–water partition coefficient (Wildman–Crippen LogP) is 3.20. The first-order valence-corrected chi connectivity index (χ1v) is 9.93. The first kappa shape index (κ1) is 19.2. The molecule has 4 rings (SSSR count). The molecular formula is C23H25N3O3. The van der Waals surface area contributed by atoms with Crippen molar-refractivity contribution in [2.45, 2.75) is 33.6 Å². The molecule has 3 amide bonds. The van der Waals surface area contributed by atoms with Gasteiger partial charge in [0.05, 0.1) is 5.92 Å². The number of hydrogen-bond acceptors (Lipinski definition) is 3. The molecule has 0 radical (unpaired) electrons. The Hall–Kier alpha value is -3.15. The van der Waals surface area contributed by atoms with Crippen LogP contribution in [0.2, 0.25) is 0 Å². The molecule has 0 spiro atoms. The van der Waals surface area contributed by atoms with Gasteiger partial charge in [-0.05, 0) is 67.3 Å². The van der Waals surface area contributed by atoms with Gasteiger partial charge in [0, 0.05) is 43.5 Å². The fourth-order valence-electron chi connectivity index (χ4n) is 4.08. The molecule has 0 aromatic heterocycles. The highest BCUT2D eigenvalue weighted by molar-refractivity contribution is 6.04. The van der Waals surface area contributed by atoms with Crippen LogP contribution in [0, 0.1) is 19.8 Å². The number of carbonyl (C=O) groups excluding carboxylic acids is 3. The second-order valence-electron chi connectivity index (χ2n) is 7.93. The van der Waals surface area contributed by atoms with Crippen molar-refractivity contribution in [3.63, 3.8) is 0 Å². The van der Waals surface area contributed by atoms with Crippen LogP contribution in [0.3, 0.4) is 0 Å². The number of rotatable bonds is 3. The summed E-state index contributed by atoms with van der Waals surface area (Å²) in [6.07, 6.45) is 0.981. The van der Waals surface area contributed by atoms with Gasteiger partial charge in [0.1, 0.15) is 0 Å². The average Bonchev–Trinajstić information content (AvgIpc) is 3.27. The van der Waals surface area contributed by atoms with Crippen molar-refractivity contribution in [2.75, 3.05) is 28.2 Å². The van der Waals surface area contributed by atoms with Gasteiger partial charge in [-0.15, -0.1) is 0 Å². The highest BCUT2D eigenvalue weighted by Crippen LogP contribution is 2.34. The normalized spacial score (nSPS) is 18.2. The van der Waals surface area contributed by atoms with E-state index in [1.807, 2.05) is 50.2 Å². The van der Waals surface area contributed by atoms with Gasteiger partial charge in [-0.2, -0.15) is 0 Å². The summed E-state index contributed by atoms with van der Waals surface area (Å²) in [5.74, 6) is -0.539. The summed E-state index contributed by atoms with van der Waals surface area (Å²) >= 11 is 0. The lowest BCUT2D eigenvalue weighted by Crippen LogP contribution is -2.28. The van der Waals surface area contributed by atoms with Crippen LogP contribution in [0.15, 0.2) is 36.4 Å². The van der Waals surface area contributed by atoms with Crippen LogP contribution in [0.1, 0.15) is 30.0 Å². The lowest BCUT2D eigenvalue weighted by atomic mass is 10.1. The molecule has 150 valence electrons. The summed E-state index contributed by atoms with van der Waals surface area (Å²) in [5, 5.41) is 2.94. The molecule has 6 heteroatoms. The van der Waals surface area contributed by atoms with E-state index in [9.17, 15) is 14.4 Å². The molecule has 2 aromatic carbocycles. The zero-order valence-electron chi connectivity index (χ0n) is 17.0.